The van der Waals surface area contributed by atoms with Gasteiger partial charge in [-0.3, -0.25) is 0 Å². The predicted molar refractivity (Wildman–Crippen MR) is 78.9 cm³/mol. The van der Waals surface area contributed by atoms with Crippen LogP contribution in [-0.4, -0.2) is 41.8 Å². The molecule has 118 valence electrons. The SMILES string of the molecule is Cc1cc([C@@H]2CCCCCN2S(=O)(=O)N2CCCC2)no1. The highest BCUT2D eigenvalue weighted by molar-refractivity contribution is 7.86. The molecular weight excluding hydrogens is 290 g/mol. The second kappa shape index (κ2) is 6.06. The number of hydrogen-bond donors (Lipinski definition) is 0. The highest BCUT2D eigenvalue weighted by Gasteiger charge is 2.38. The molecule has 1 atom stereocenters. The lowest BCUT2D eigenvalue weighted by Gasteiger charge is -2.31. The summed E-state index contributed by atoms with van der Waals surface area (Å²) >= 11 is 0. The minimum atomic E-state index is -3.39. The quantitative estimate of drug-likeness (QED) is 0.858. The van der Waals surface area contributed by atoms with E-state index in [2.05, 4.69) is 5.16 Å². The Hall–Kier alpha value is -0.920. The topological polar surface area (TPSA) is 66.7 Å². The molecule has 1 aromatic heterocycles. The molecule has 6 nitrogen and oxygen atoms in total. The summed E-state index contributed by atoms with van der Waals surface area (Å²) in [5.74, 6) is 0.729. The van der Waals surface area contributed by atoms with E-state index in [0.717, 1.165) is 50.0 Å². The van der Waals surface area contributed by atoms with Gasteiger partial charge >= 0.3 is 0 Å². The summed E-state index contributed by atoms with van der Waals surface area (Å²) in [5.41, 5.74) is 0.747. The van der Waals surface area contributed by atoms with Crippen molar-refractivity contribution in [3.05, 3.63) is 17.5 Å². The summed E-state index contributed by atoms with van der Waals surface area (Å²) in [6.45, 7) is 3.70. The molecule has 2 saturated heterocycles. The molecule has 0 N–H and O–H groups in total. The van der Waals surface area contributed by atoms with Crippen molar-refractivity contribution in [3.63, 3.8) is 0 Å². The Balaban J connectivity index is 1.91. The average Bonchev–Trinajstić information content (AvgIpc) is 3.06. The van der Waals surface area contributed by atoms with Gasteiger partial charge in [0, 0.05) is 25.7 Å². The molecule has 7 heteroatoms. The number of aromatic nitrogens is 1. The van der Waals surface area contributed by atoms with Crippen LogP contribution in [0.2, 0.25) is 0 Å². The van der Waals surface area contributed by atoms with Gasteiger partial charge < -0.3 is 4.52 Å². The van der Waals surface area contributed by atoms with Crippen molar-refractivity contribution in [3.8, 4) is 0 Å². The molecule has 0 aromatic carbocycles. The third-order valence-electron chi connectivity index (χ3n) is 4.38. The van der Waals surface area contributed by atoms with E-state index in [1.54, 1.807) is 8.61 Å². The van der Waals surface area contributed by atoms with Gasteiger partial charge in [0.15, 0.2) is 0 Å². The monoisotopic (exact) mass is 313 g/mol. The molecule has 3 heterocycles. The summed E-state index contributed by atoms with van der Waals surface area (Å²) in [5, 5.41) is 4.07. The van der Waals surface area contributed by atoms with Crippen LogP contribution in [0.5, 0.6) is 0 Å². The van der Waals surface area contributed by atoms with Crippen molar-refractivity contribution >= 4 is 10.2 Å². The van der Waals surface area contributed by atoms with Gasteiger partial charge in [-0.1, -0.05) is 18.0 Å². The lowest BCUT2D eigenvalue weighted by Crippen LogP contribution is -2.44. The van der Waals surface area contributed by atoms with Crippen LogP contribution in [0.25, 0.3) is 0 Å². The highest BCUT2D eigenvalue weighted by Crippen LogP contribution is 2.33. The normalized spacial score (nSPS) is 26.0. The second-order valence-electron chi connectivity index (χ2n) is 5.95. The van der Waals surface area contributed by atoms with Crippen molar-refractivity contribution < 1.29 is 12.9 Å². The van der Waals surface area contributed by atoms with Crippen molar-refractivity contribution in [2.24, 2.45) is 0 Å². The predicted octanol–water partition coefficient (Wildman–Crippen LogP) is 2.24. The molecule has 2 aliphatic rings. The van der Waals surface area contributed by atoms with Gasteiger partial charge in [-0.15, -0.1) is 0 Å². The highest BCUT2D eigenvalue weighted by atomic mass is 32.2. The minimum Gasteiger partial charge on any atom is -0.361 e. The lowest BCUT2D eigenvalue weighted by molar-refractivity contribution is 0.283. The van der Waals surface area contributed by atoms with Gasteiger partial charge in [0.05, 0.1) is 6.04 Å². The minimum absolute atomic E-state index is 0.185. The summed E-state index contributed by atoms with van der Waals surface area (Å²) in [6.07, 6.45) is 5.75. The van der Waals surface area contributed by atoms with E-state index in [0.29, 0.717) is 19.6 Å². The molecule has 2 aliphatic heterocycles. The van der Waals surface area contributed by atoms with E-state index in [1.165, 1.54) is 0 Å². The van der Waals surface area contributed by atoms with Crippen molar-refractivity contribution in [2.75, 3.05) is 19.6 Å². The first-order valence-corrected chi connectivity index (χ1v) is 9.19. The Bertz CT molecular complexity index is 578. The number of aryl methyl sites for hydroxylation is 1. The van der Waals surface area contributed by atoms with Crippen molar-refractivity contribution in [2.45, 2.75) is 51.5 Å². The van der Waals surface area contributed by atoms with Gasteiger partial charge in [-0.05, 0) is 32.6 Å². The van der Waals surface area contributed by atoms with Gasteiger partial charge in [0.1, 0.15) is 11.5 Å². The smallest absolute Gasteiger partial charge is 0.282 e. The summed E-state index contributed by atoms with van der Waals surface area (Å²) in [7, 11) is -3.39. The molecule has 0 unspecified atom stereocenters. The molecule has 0 radical (unpaired) electrons. The molecule has 1 aromatic rings. The zero-order valence-electron chi connectivity index (χ0n) is 12.5. The Labute approximate surface area is 126 Å². The molecule has 0 spiro atoms. The molecule has 0 saturated carbocycles. The largest absolute Gasteiger partial charge is 0.361 e. The Morgan fingerprint density at radius 3 is 2.52 bits per heavy atom. The van der Waals surface area contributed by atoms with Crippen LogP contribution in [0, 0.1) is 6.92 Å². The summed E-state index contributed by atoms with van der Waals surface area (Å²) < 4.78 is 34.3. The lowest BCUT2D eigenvalue weighted by atomic mass is 10.1. The fourth-order valence-electron chi connectivity index (χ4n) is 3.26. The third kappa shape index (κ3) is 3.00. The van der Waals surface area contributed by atoms with Gasteiger partial charge in [-0.2, -0.15) is 17.0 Å². The maximum atomic E-state index is 12.9. The molecule has 0 aliphatic carbocycles. The first kappa shape index (κ1) is 15.0. The zero-order valence-corrected chi connectivity index (χ0v) is 13.3. The van der Waals surface area contributed by atoms with Crippen LogP contribution in [-0.2, 0) is 10.2 Å². The van der Waals surface area contributed by atoms with E-state index in [1.807, 2.05) is 13.0 Å². The molecule has 0 amide bonds. The van der Waals surface area contributed by atoms with Crippen LogP contribution >= 0.6 is 0 Å². The Morgan fingerprint density at radius 2 is 1.86 bits per heavy atom. The number of nitrogens with zero attached hydrogens (tertiary/aromatic N) is 3. The van der Waals surface area contributed by atoms with Crippen molar-refractivity contribution in [1.29, 1.82) is 0 Å². The molecule has 2 fully saturated rings. The van der Waals surface area contributed by atoms with E-state index in [4.69, 9.17) is 4.52 Å². The molecule has 3 rings (SSSR count). The first-order chi connectivity index (χ1) is 10.1. The second-order valence-corrected chi connectivity index (χ2v) is 7.83. The van der Waals surface area contributed by atoms with E-state index in [9.17, 15) is 8.42 Å². The maximum absolute atomic E-state index is 12.9. The fraction of sp³-hybridized carbons (Fsp3) is 0.786. The first-order valence-electron chi connectivity index (χ1n) is 7.79. The van der Waals surface area contributed by atoms with E-state index >= 15 is 0 Å². The zero-order chi connectivity index (χ0) is 14.9. The molecule has 21 heavy (non-hydrogen) atoms. The van der Waals surface area contributed by atoms with E-state index < -0.39 is 10.2 Å². The van der Waals surface area contributed by atoms with Gasteiger partial charge in [0.25, 0.3) is 10.2 Å². The van der Waals surface area contributed by atoms with Gasteiger partial charge in [-0.25, -0.2) is 0 Å². The maximum Gasteiger partial charge on any atom is 0.282 e. The van der Waals surface area contributed by atoms with Crippen LogP contribution < -0.4 is 0 Å². The number of rotatable bonds is 3. The van der Waals surface area contributed by atoms with Crippen LogP contribution in [0.1, 0.15) is 56.0 Å². The van der Waals surface area contributed by atoms with Crippen LogP contribution in [0.4, 0.5) is 0 Å². The van der Waals surface area contributed by atoms with Crippen LogP contribution in [0.3, 0.4) is 0 Å². The van der Waals surface area contributed by atoms with E-state index in [-0.39, 0.29) is 6.04 Å². The Kier molecular flexibility index (Phi) is 4.33. The standard InChI is InChI=1S/C14H23N3O3S/c1-12-11-13(15-20-12)14-7-3-2-4-10-17(14)21(18,19)16-8-5-6-9-16/h11,14H,2-10H2,1H3/t14-/m0/s1. The van der Waals surface area contributed by atoms with Gasteiger partial charge in [0.2, 0.25) is 0 Å². The third-order valence-corrected chi connectivity index (χ3v) is 6.43. The van der Waals surface area contributed by atoms with Crippen molar-refractivity contribution in [1.82, 2.24) is 13.8 Å². The number of hydrogen-bond acceptors (Lipinski definition) is 4. The Morgan fingerprint density at radius 1 is 1.14 bits per heavy atom. The summed E-state index contributed by atoms with van der Waals surface area (Å²) in [4.78, 5) is 0. The fourth-order valence-corrected chi connectivity index (χ4v) is 5.17. The summed E-state index contributed by atoms with van der Waals surface area (Å²) in [6, 6.07) is 1.68. The average molecular weight is 313 g/mol. The van der Waals surface area contributed by atoms with Crippen LogP contribution in [0.15, 0.2) is 10.6 Å². The molecular formula is C14H23N3O3S. The molecule has 0 bridgehead atoms.